The average Bonchev–Trinajstić information content (AvgIpc) is 2.30. The molecule has 1 aromatic rings. The molecule has 0 spiro atoms. The summed E-state index contributed by atoms with van der Waals surface area (Å²) >= 11 is 0. The van der Waals surface area contributed by atoms with Crippen molar-refractivity contribution in [1.82, 2.24) is 5.32 Å². The monoisotopic (exact) mass is 246 g/mol. The number of rotatable bonds is 5. The lowest BCUT2D eigenvalue weighted by Gasteiger charge is -2.25. The second kappa shape index (κ2) is 6.43. The van der Waals surface area contributed by atoms with Crippen LogP contribution in [0.25, 0.3) is 0 Å². The van der Waals surface area contributed by atoms with E-state index in [1.54, 1.807) is 0 Å². The van der Waals surface area contributed by atoms with Crippen molar-refractivity contribution in [3.05, 3.63) is 29.8 Å². The Kier molecular flexibility index (Phi) is 4.62. The molecule has 0 unspecified atom stereocenters. The first-order valence-electron chi connectivity index (χ1n) is 6.91. The van der Waals surface area contributed by atoms with Crippen LogP contribution >= 0.6 is 0 Å². The van der Waals surface area contributed by atoms with Crippen LogP contribution in [0.3, 0.4) is 0 Å². The molecular formula is C15H22N2O. The van der Waals surface area contributed by atoms with Crippen LogP contribution in [0.2, 0.25) is 0 Å². The van der Waals surface area contributed by atoms with Crippen LogP contribution in [0, 0.1) is 5.92 Å². The molecule has 3 heteroatoms. The molecule has 1 aliphatic carbocycles. The third-order valence-corrected chi connectivity index (χ3v) is 3.53. The fourth-order valence-electron chi connectivity index (χ4n) is 2.15. The van der Waals surface area contributed by atoms with Gasteiger partial charge in [0, 0.05) is 12.2 Å². The van der Waals surface area contributed by atoms with Crippen molar-refractivity contribution in [2.75, 3.05) is 11.9 Å². The summed E-state index contributed by atoms with van der Waals surface area (Å²) in [6.45, 7) is 2.97. The number of urea groups is 1. The lowest BCUT2D eigenvalue weighted by Crippen LogP contribution is -2.35. The van der Waals surface area contributed by atoms with Gasteiger partial charge in [0.2, 0.25) is 0 Å². The lowest BCUT2D eigenvalue weighted by molar-refractivity contribution is 0.243. The summed E-state index contributed by atoms with van der Waals surface area (Å²) < 4.78 is 0. The van der Waals surface area contributed by atoms with Crippen LogP contribution in [0.1, 0.15) is 38.2 Å². The van der Waals surface area contributed by atoms with Gasteiger partial charge in [-0.25, -0.2) is 4.79 Å². The van der Waals surface area contributed by atoms with Crippen molar-refractivity contribution in [2.24, 2.45) is 5.92 Å². The molecule has 1 aliphatic rings. The fraction of sp³-hybridized carbons (Fsp3) is 0.533. The molecule has 1 fully saturated rings. The summed E-state index contributed by atoms with van der Waals surface area (Å²) in [5.41, 5.74) is 2.18. The van der Waals surface area contributed by atoms with E-state index >= 15 is 0 Å². The van der Waals surface area contributed by atoms with Gasteiger partial charge in [0.1, 0.15) is 0 Å². The predicted molar refractivity (Wildman–Crippen MR) is 74.8 cm³/mol. The van der Waals surface area contributed by atoms with Gasteiger partial charge in [0.15, 0.2) is 0 Å². The number of nitrogens with one attached hydrogen (secondary N) is 2. The molecule has 0 heterocycles. The Balaban J connectivity index is 1.75. The highest BCUT2D eigenvalue weighted by Crippen LogP contribution is 2.25. The summed E-state index contributed by atoms with van der Waals surface area (Å²) in [6.07, 6.45) is 6.06. The second-order valence-corrected chi connectivity index (χ2v) is 5.08. The zero-order valence-corrected chi connectivity index (χ0v) is 11.0. The molecule has 1 aromatic carbocycles. The summed E-state index contributed by atoms with van der Waals surface area (Å²) in [6, 6.07) is 7.99. The molecular weight excluding hydrogens is 224 g/mol. The maximum Gasteiger partial charge on any atom is 0.319 e. The molecule has 0 saturated heterocycles. The van der Waals surface area contributed by atoms with Crippen LogP contribution in [0.15, 0.2) is 24.3 Å². The molecule has 2 N–H and O–H groups in total. The molecule has 0 aromatic heterocycles. The largest absolute Gasteiger partial charge is 0.338 e. The average molecular weight is 246 g/mol. The molecule has 2 rings (SSSR count). The van der Waals surface area contributed by atoms with Crippen LogP contribution in [-0.2, 0) is 6.42 Å². The zero-order chi connectivity index (χ0) is 12.8. The Bertz CT molecular complexity index is 382. The van der Waals surface area contributed by atoms with Crippen LogP contribution in [-0.4, -0.2) is 12.6 Å². The SMILES string of the molecule is CCCc1ccc(NC(=O)NCC2CCC2)cc1. The van der Waals surface area contributed by atoms with E-state index in [1.807, 2.05) is 12.1 Å². The van der Waals surface area contributed by atoms with E-state index in [2.05, 4.69) is 29.7 Å². The van der Waals surface area contributed by atoms with Gasteiger partial charge >= 0.3 is 6.03 Å². The predicted octanol–water partition coefficient (Wildman–Crippen LogP) is 3.56. The quantitative estimate of drug-likeness (QED) is 0.819. The van der Waals surface area contributed by atoms with Crippen molar-refractivity contribution in [1.29, 1.82) is 0 Å². The van der Waals surface area contributed by atoms with E-state index < -0.39 is 0 Å². The van der Waals surface area contributed by atoms with Crippen LogP contribution in [0.4, 0.5) is 10.5 Å². The maximum absolute atomic E-state index is 11.6. The minimum atomic E-state index is -0.0925. The van der Waals surface area contributed by atoms with Gasteiger partial charge in [0.05, 0.1) is 0 Å². The first-order valence-corrected chi connectivity index (χ1v) is 6.91. The van der Waals surface area contributed by atoms with Gasteiger partial charge in [-0.15, -0.1) is 0 Å². The minimum absolute atomic E-state index is 0.0925. The number of amides is 2. The summed E-state index contributed by atoms with van der Waals surface area (Å²) in [5, 5.41) is 5.79. The van der Waals surface area contributed by atoms with Gasteiger partial charge in [0.25, 0.3) is 0 Å². The lowest BCUT2D eigenvalue weighted by atomic mass is 9.85. The number of hydrogen-bond acceptors (Lipinski definition) is 1. The first-order chi connectivity index (χ1) is 8.78. The molecule has 0 aliphatic heterocycles. The molecule has 18 heavy (non-hydrogen) atoms. The van der Waals surface area contributed by atoms with E-state index in [4.69, 9.17) is 0 Å². The zero-order valence-electron chi connectivity index (χ0n) is 11.0. The van der Waals surface area contributed by atoms with Gasteiger partial charge in [-0.2, -0.15) is 0 Å². The number of aryl methyl sites for hydroxylation is 1. The Labute approximate surface area is 109 Å². The van der Waals surface area contributed by atoms with E-state index in [0.29, 0.717) is 5.92 Å². The number of carbonyl (C=O) groups excluding carboxylic acids is 1. The van der Waals surface area contributed by atoms with Crippen molar-refractivity contribution in [3.8, 4) is 0 Å². The van der Waals surface area contributed by atoms with E-state index in [-0.39, 0.29) is 6.03 Å². The second-order valence-electron chi connectivity index (χ2n) is 5.08. The molecule has 0 radical (unpaired) electrons. The third-order valence-electron chi connectivity index (χ3n) is 3.53. The summed E-state index contributed by atoms with van der Waals surface area (Å²) in [4.78, 5) is 11.6. The van der Waals surface area contributed by atoms with Crippen molar-refractivity contribution in [2.45, 2.75) is 39.0 Å². The van der Waals surface area contributed by atoms with Gasteiger partial charge in [-0.3, -0.25) is 0 Å². The summed E-state index contributed by atoms with van der Waals surface area (Å²) in [7, 11) is 0. The van der Waals surface area contributed by atoms with E-state index in [1.165, 1.54) is 24.8 Å². The molecule has 1 saturated carbocycles. The normalized spacial score (nSPS) is 14.9. The van der Waals surface area contributed by atoms with Gasteiger partial charge in [-0.1, -0.05) is 31.9 Å². The van der Waals surface area contributed by atoms with Crippen LogP contribution in [0.5, 0.6) is 0 Å². The highest BCUT2D eigenvalue weighted by atomic mass is 16.2. The smallest absolute Gasteiger partial charge is 0.319 e. The summed E-state index contributed by atoms with van der Waals surface area (Å²) in [5.74, 6) is 0.697. The molecule has 0 bridgehead atoms. The first kappa shape index (κ1) is 12.9. The molecule has 3 nitrogen and oxygen atoms in total. The van der Waals surface area contributed by atoms with Crippen LogP contribution < -0.4 is 10.6 Å². The minimum Gasteiger partial charge on any atom is -0.338 e. The Morgan fingerprint density at radius 1 is 1.28 bits per heavy atom. The highest BCUT2D eigenvalue weighted by Gasteiger charge is 2.17. The topological polar surface area (TPSA) is 41.1 Å². The number of hydrogen-bond donors (Lipinski definition) is 2. The maximum atomic E-state index is 11.6. The van der Waals surface area contributed by atoms with Gasteiger partial charge in [-0.05, 0) is 42.9 Å². The van der Waals surface area contributed by atoms with E-state index in [9.17, 15) is 4.79 Å². The molecule has 98 valence electrons. The Morgan fingerprint density at radius 3 is 2.56 bits per heavy atom. The van der Waals surface area contributed by atoms with Crippen molar-refractivity contribution < 1.29 is 4.79 Å². The number of benzene rings is 1. The van der Waals surface area contributed by atoms with E-state index in [0.717, 1.165) is 25.1 Å². The number of carbonyl (C=O) groups is 1. The van der Waals surface area contributed by atoms with Gasteiger partial charge < -0.3 is 10.6 Å². The van der Waals surface area contributed by atoms with Crippen molar-refractivity contribution in [3.63, 3.8) is 0 Å². The highest BCUT2D eigenvalue weighted by molar-refractivity contribution is 5.89. The Hall–Kier alpha value is -1.51. The Morgan fingerprint density at radius 2 is 2.00 bits per heavy atom. The number of anilines is 1. The van der Waals surface area contributed by atoms with Crippen molar-refractivity contribution >= 4 is 11.7 Å². The standard InChI is InChI=1S/C15H22N2O/c1-2-4-12-7-9-14(10-8-12)17-15(18)16-11-13-5-3-6-13/h7-10,13H,2-6,11H2,1H3,(H2,16,17,18). The third kappa shape index (κ3) is 3.76. The molecule has 2 amide bonds. The fourth-order valence-corrected chi connectivity index (χ4v) is 2.15. The molecule has 0 atom stereocenters.